The fraction of sp³-hybridized carbons (Fsp3) is 0. The van der Waals surface area contributed by atoms with Crippen molar-refractivity contribution in [1.29, 1.82) is 0 Å². The van der Waals surface area contributed by atoms with Gasteiger partial charge in [0, 0.05) is 0 Å². The molecule has 2 radical (unpaired) electrons. The van der Waals surface area contributed by atoms with Crippen molar-refractivity contribution in [3.05, 3.63) is 0 Å². The smallest absolute Gasteiger partial charge is 3.00 e. The minimum absolute atomic E-state index is 0. The fourth-order valence-corrected chi connectivity index (χ4v) is 0. The Kier molecular flexibility index (Phi) is 22.8. The first-order chi connectivity index (χ1) is 6.00. The minimum atomic E-state index is -5.75. The molecule has 0 aromatic heterocycles. The van der Waals surface area contributed by atoms with Crippen molar-refractivity contribution in [2.75, 3.05) is 0 Å². The van der Waals surface area contributed by atoms with Crippen LogP contribution >= 0.6 is 0 Å². The maximum atomic E-state index is 8.59. The molecule has 0 saturated carbocycles. The second-order valence-electron chi connectivity index (χ2n) is 1.22. The van der Waals surface area contributed by atoms with E-state index in [1.165, 1.54) is 0 Å². The van der Waals surface area contributed by atoms with E-state index in [1.807, 2.05) is 0 Å². The van der Waals surface area contributed by atoms with Crippen molar-refractivity contribution in [2.24, 2.45) is 0 Å². The molecule has 0 heterocycles. The van der Waals surface area contributed by atoms with Crippen molar-refractivity contribution < 1.29 is 128 Å². The van der Waals surface area contributed by atoms with Gasteiger partial charge in [0.25, 0.3) is 0 Å². The predicted octanol–water partition coefficient (Wildman–Crippen LogP) is -7.86. The molecule has 0 amide bonds. The van der Waals surface area contributed by atoms with E-state index < -0.39 is 40.8 Å². The van der Waals surface area contributed by atoms with Crippen molar-refractivity contribution >= 4 is 0 Å². The van der Waals surface area contributed by atoms with Gasteiger partial charge in [-0.3, -0.25) is 0 Å². The molecule has 0 aromatic rings. The maximum Gasteiger partial charge on any atom is 3.00 e. The number of hydrogen-bond acceptors (Lipinski definition) is 12. The Bertz CT molecular complexity index is 341. The molecule has 0 aliphatic rings. The summed E-state index contributed by atoms with van der Waals surface area (Å²) in [5.41, 5.74) is 0. The van der Waals surface area contributed by atoms with E-state index in [4.69, 9.17) is 47.8 Å². The Morgan fingerprint density at radius 2 is 0.412 bits per heavy atom. The largest absolute Gasteiger partial charge is 3.00 e. The Morgan fingerprint density at radius 1 is 0.412 bits per heavy atom. The Hall–Kier alpha value is 1.43. The zero-order chi connectivity index (χ0) is 13.5. The summed E-state index contributed by atoms with van der Waals surface area (Å²) in [6.07, 6.45) is 0. The van der Waals surface area contributed by atoms with Gasteiger partial charge < -0.3 is 0 Å². The van der Waals surface area contributed by atoms with Crippen molar-refractivity contribution in [3.8, 4) is 0 Å². The van der Waals surface area contributed by atoms with E-state index in [-0.39, 0.29) is 39.6 Å². The third kappa shape index (κ3) is 2030. The van der Waals surface area contributed by atoms with Gasteiger partial charge in [0.05, 0.1) is 0 Å². The van der Waals surface area contributed by atoms with Crippen molar-refractivity contribution in [1.82, 2.24) is 0 Å². The summed E-state index contributed by atoms with van der Waals surface area (Å²) in [5, 5.41) is 0. The summed E-state index contributed by atoms with van der Waals surface area (Å²) in [4.78, 5) is 0. The van der Waals surface area contributed by atoms with Crippen LogP contribution in [0.4, 0.5) is 0 Å². The first kappa shape index (κ1) is 31.0. The van der Waals surface area contributed by atoms with Crippen molar-refractivity contribution in [3.63, 3.8) is 0 Å². The Labute approximate surface area is 127 Å². The van der Waals surface area contributed by atoms with E-state index in [2.05, 4.69) is 0 Å². The first-order valence-corrected chi connectivity index (χ1v) is 8.25. The average molecular weight is 728 g/mol. The average Bonchev–Trinajstić information content (AvgIpc) is 1.41. The molecular formula is Cr3O12Os2. The monoisotopic (exact) mass is 732 g/mol. The second kappa shape index (κ2) is 12.5. The zero-order valence-corrected chi connectivity index (χ0v) is 15.7. The first-order valence-electron chi connectivity index (χ1n) is 2.00. The molecule has 17 heteroatoms. The molecule has 106 valence electrons. The summed E-state index contributed by atoms with van der Waals surface area (Å²) in [6, 6.07) is 0. The normalized spacial score (nSPS) is 10.2. The third-order valence-corrected chi connectivity index (χ3v) is 0. The quantitative estimate of drug-likeness (QED) is 0.226. The van der Waals surface area contributed by atoms with Crippen LogP contribution in [0.1, 0.15) is 0 Å². The van der Waals surface area contributed by atoms with Crippen LogP contribution in [0.25, 0.3) is 0 Å². The molecule has 0 atom stereocenters. The van der Waals surface area contributed by atoms with E-state index >= 15 is 0 Å². The van der Waals surface area contributed by atoms with Gasteiger partial charge in [0.1, 0.15) is 0 Å². The van der Waals surface area contributed by atoms with Gasteiger partial charge in [-0.1, -0.05) is 0 Å². The molecule has 0 unspecified atom stereocenters. The van der Waals surface area contributed by atoms with Gasteiger partial charge in [-0.2, -0.15) is 0 Å². The standard InChI is InChI=1S/3Cr.12O.2Os/q;;;;;;;;;6*-1;2*+3. The molecule has 0 aromatic carbocycles. The summed E-state index contributed by atoms with van der Waals surface area (Å²) in [7, 11) is 0. The molecule has 0 fully saturated rings. The predicted molar refractivity (Wildman–Crippen MR) is 4.12 cm³/mol. The van der Waals surface area contributed by atoms with Crippen LogP contribution in [0.2, 0.25) is 0 Å². The Morgan fingerprint density at radius 3 is 0.412 bits per heavy atom. The molecular weight excluding hydrogens is 728 g/mol. The molecule has 12 nitrogen and oxygen atoms in total. The maximum absolute atomic E-state index is 8.59. The molecule has 0 saturated heterocycles. The van der Waals surface area contributed by atoms with E-state index in [1.54, 1.807) is 0 Å². The van der Waals surface area contributed by atoms with Crippen LogP contribution in [-0.4, -0.2) is 0 Å². The van der Waals surface area contributed by atoms with Crippen LogP contribution in [0.3, 0.4) is 0 Å². The van der Waals surface area contributed by atoms with Gasteiger partial charge in [0.2, 0.25) is 0 Å². The molecule has 0 aliphatic carbocycles. The van der Waals surface area contributed by atoms with E-state index in [0.29, 0.717) is 0 Å². The van der Waals surface area contributed by atoms with E-state index in [9.17, 15) is 0 Å². The van der Waals surface area contributed by atoms with Crippen LogP contribution in [0.5, 0.6) is 0 Å². The van der Waals surface area contributed by atoms with Crippen molar-refractivity contribution in [2.45, 2.75) is 0 Å². The third-order valence-electron chi connectivity index (χ3n) is 0. The topological polar surface area (TPSA) is 241 Å². The van der Waals surface area contributed by atoms with Crippen LogP contribution in [-0.2, 0) is 103 Å². The van der Waals surface area contributed by atoms with Crippen LogP contribution < -0.4 is 24.9 Å². The molecule has 0 bridgehead atoms. The summed E-state index contributed by atoms with van der Waals surface area (Å²) in [5.74, 6) is 0. The summed E-state index contributed by atoms with van der Waals surface area (Å²) >= 11 is -17.2. The number of rotatable bonds is 0. The molecule has 0 aliphatic heterocycles. The SMILES string of the molecule is [O]=[Cr](=[O])([O-])[O-].[O]=[Cr](=[O])([O-])[O-].[O]=[Cr](=[O])([O-])[O-].[Os+3].[Os+3]. The Balaban J connectivity index is -0.0000000400. The molecule has 0 rings (SSSR count). The summed E-state index contributed by atoms with van der Waals surface area (Å²) in [6.45, 7) is 0. The molecule has 0 spiro atoms. The van der Waals surface area contributed by atoms with Gasteiger partial charge >= 0.3 is 128 Å². The molecule has 17 heavy (non-hydrogen) atoms. The molecule has 0 N–H and O–H groups in total. The minimum Gasteiger partial charge on any atom is 3.00 e. The summed E-state index contributed by atoms with van der Waals surface area (Å²) < 4.78 is 103. The second-order valence-corrected chi connectivity index (χ2v) is 5.05. The van der Waals surface area contributed by atoms with Gasteiger partial charge in [-0.25, -0.2) is 0 Å². The van der Waals surface area contributed by atoms with Gasteiger partial charge in [-0.15, -0.1) is 0 Å². The van der Waals surface area contributed by atoms with Gasteiger partial charge in [0.15, 0.2) is 0 Å². The van der Waals surface area contributed by atoms with Crippen LogP contribution in [0.15, 0.2) is 0 Å². The van der Waals surface area contributed by atoms with Crippen LogP contribution in [0, 0.1) is 0 Å². The van der Waals surface area contributed by atoms with Gasteiger partial charge in [-0.05, 0) is 0 Å². The fourth-order valence-electron chi connectivity index (χ4n) is 0. The zero-order valence-electron chi connectivity index (χ0n) is 6.83. The van der Waals surface area contributed by atoms with E-state index in [0.717, 1.165) is 0 Å². The number of hydrogen-bond donors (Lipinski definition) is 0.